The third-order valence-corrected chi connectivity index (χ3v) is 6.90. The molecule has 5 rings (SSSR count). The Morgan fingerprint density at radius 3 is 2.62 bits per heavy atom. The van der Waals surface area contributed by atoms with Crippen molar-refractivity contribution in [3.05, 3.63) is 48.2 Å². The number of hydrogen-bond donors (Lipinski definition) is 0. The van der Waals surface area contributed by atoms with Crippen molar-refractivity contribution in [1.29, 1.82) is 0 Å². The number of aromatic nitrogens is 2. The maximum atomic E-state index is 11.7. The first-order chi connectivity index (χ1) is 14.2. The lowest BCUT2D eigenvalue weighted by molar-refractivity contribution is -0.132. The third-order valence-electron chi connectivity index (χ3n) is 6.01. The molecule has 150 valence electrons. The van der Waals surface area contributed by atoms with E-state index in [2.05, 4.69) is 27.0 Å². The summed E-state index contributed by atoms with van der Waals surface area (Å²) in [6.07, 6.45) is 5.17. The van der Waals surface area contributed by atoms with Gasteiger partial charge in [0.15, 0.2) is 5.65 Å². The van der Waals surface area contributed by atoms with Crippen molar-refractivity contribution < 1.29 is 9.53 Å². The molecule has 4 heterocycles. The van der Waals surface area contributed by atoms with E-state index >= 15 is 0 Å². The van der Waals surface area contributed by atoms with Crippen LogP contribution in [0.2, 0.25) is 0 Å². The normalized spacial score (nSPS) is 21.6. The van der Waals surface area contributed by atoms with Crippen LogP contribution in [0.5, 0.6) is 10.9 Å². The highest BCUT2D eigenvalue weighted by molar-refractivity contribution is 7.20. The van der Waals surface area contributed by atoms with E-state index in [4.69, 9.17) is 4.74 Å². The Morgan fingerprint density at radius 1 is 1.17 bits per heavy atom. The van der Waals surface area contributed by atoms with Crippen LogP contribution in [0.25, 0.3) is 10.3 Å². The number of carbonyl (C=O) groups excluding carboxylic acids is 1. The average Bonchev–Trinajstić information content (AvgIpc) is 3.23. The topological polar surface area (TPSA) is 58.6 Å². The minimum atomic E-state index is 0.209. The zero-order valence-electron chi connectivity index (χ0n) is 16.5. The Labute approximate surface area is 174 Å². The van der Waals surface area contributed by atoms with E-state index in [1.54, 1.807) is 13.1 Å². The summed E-state index contributed by atoms with van der Waals surface area (Å²) in [6.45, 7) is 4.50. The van der Waals surface area contributed by atoms with Gasteiger partial charge in [0.25, 0.3) is 5.19 Å². The Kier molecular flexibility index (Phi) is 4.93. The minimum Gasteiger partial charge on any atom is -0.431 e. The molecule has 2 saturated heterocycles. The smallest absolute Gasteiger partial charge is 0.281 e. The van der Waals surface area contributed by atoms with Gasteiger partial charge < -0.3 is 9.64 Å². The van der Waals surface area contributed by atoms with Crippen LogP contribution in [0.4, 0.5) is 0 Å². The molecule has 2 aliphatic rings. The van der Waals surface area contributed by atoms with Gasteiger partial charge in [-0.15, -0.1) is 0 Å². The van der Waals surface area contributed by atoms with E-state index in [9.17, 15) is 4.79 Å². The second kappa shape index (κ2) is 7.72. The van der Waals surface area contributed by atoms with Crippen LogP contribution in [0.1, 0.15) is 25.3 Å². The van der Waals surface area contributed by atoms with Gasteiger partial charge in [0.05, 0.1) is 4.70 Å². The first-order valence-corrected chi connectivity index (χ1v) is 11.0. The standard InChI is InChI=1S/C22H24N4O2S/c1-15(27)25-13-17-6-7-18(14-25)26(17)12-10-16-4-8-19(9-5-16)28-22-24-21-20(29-22)3-2-11-23-21/h2-5,8-9,11,17-18H,6-7,10,12-14H2,1H3/t17-,18+. The van der Waals surface area contributed by atoms with Crippen molar-refractivity contribution in [3.63, 3.8) is 0 Å². The molecule has 2 atom stereocenters. The Balaban J connectivity index is 1.19. The number of nitrogens with zero attached hydrogens (tertiary/aromatic N) is 4. The first kappa shape index (κ1) is 18.5. The highest BCUT2D eigenvalue weighted by Crippen LogP contribution is 2.32. The molecule has 3 aromatic rings. The number of piperazine rings is 1. The molecule has 0 aliphatic carbocycles. The van der Waals surface area contributed by atoms with Gasteiger partial charge in [0.1, 0.15) is 5.75 Å². The molecular weight excluding hydrogens is 384 g/mol. The maximum absolute atomic E-state index is 11.7. The van der Waals surface area contributed by atoms with E-state index in [0.717, 1.165) is 42.2 Å². The molecule has 0 spiro atoms. The van der Waals surface area contributed by atoms with E-state index in [1.807, 2.05) is 29.2 Å². The Morgan fingerprint density at radius 2 is 1.93 bits per heavy atom. The number of amides is 1. The fraction of sp³-hybridized carbons (Fsp3) is 0.409. The van der Waals surface area contributed by atoms with Crippen molar-refractivity contribution in [1.82, 2.24) is 19.8 Å². The lowest BCUT2D eigenvalue weighted by Gasteiger charge is -2.40. The van der Waals surface area contributed by atoms with Crippen molar-refractivity contribution in [2.45, 2.75) is 38.3 Å². The number of fused-ring (bicyclic) bond motifs is 3. The van der Waals surface area contributed by atoms with E-state index in [1.165, 1.54) is 29.7 Å². The summed E-state index contributed by atoms with van der Waals surface area (Å²) in [5, 5.41) is 0.617. The van der Waals surface area contributed by atoms with Gasteiger partial charge in [-0.2, -0.15) is 4.98 Å². The van der Waals surface area contributed by atoms with Crippen molar-refractivity contribution in [2.75, 3.05) is 19.6 Å². The lowest BCUT2D eigenvalue weighted by atomic mass is 10.1. The summed E-state index contributed by atoms with van der Waals surface area (Å²) in [7, 11) is 0. The minimum absolute atomic E-state index is 0.209. The molecule has 6 nitrogen and oxygen atoms in total. The van der Waals surface area contributed by atoms with Crippen LogP contribution in [0.3, 0.4) is 0 Å². The molecule has 2 aliphatic heterocycles. The van der Waals surface area contributed by atoms with Crippen LogP contribution < -0.4 is 4.74 Å². The second-order valence-corrected chi connectivity index (χ2v) is 8.84. The highest BCUT2D eigenvalue weighted by atomic mass is 32.1. The molecule has 2 bridgehead atoms. The predicted octanol–water partition coefficient (Wildman–Crippen LogP) is 3.72. The SMILES string of the molecule is CC(=O)N1C[C@H]2CC[C@@H](C1)N2CCc1ccc(Oc2nc3ncccc3s2)cc1. The fourth-order valence-electron chi connectivity index (χ4n) is 4.49. The molecule has 2 aromatic heterocycles. The summed E-state index contributed by atoms with van der Waals surface area (Å²) in [4.78, 5) is 25.0. The van der Waals surface area contributed by atoms with Crippen LogP contribution in [-0.2, 0) is 11.2 Å². The monoisotopic (exact) mass is 408 g/mol. The van der Waals surface area contributed by atoms with Gasteiger partial charge in [-0.05, 0) is 49.1 Å². The van der Waals surface area contributed by atoms with Crippen LogP contribution in [0, 0.1) is 0 Å². The van der Waals surface area contributed by atoms with Crippen molar-refractivity contribution in [3.8, 4) is 10.9 Å². The summed E-state index contributed by atoms with van der Waals surface area (Å²) < 4.78 is 6.94. The molecule has 29 heavy (non-hydrogen) atoms. The summed E-state index contributed by atoms with van der Waals surface area (Å²) >= 11 is 1.50. The summed E-state index contributed by atoms with van der Waals surface area (Å²) in [5.41, 5.74) is 2.03. The average molecular weight is 409 g/mol. The zero-order valence-corrected chi connectivity index (χ0v) is 17.3. The van der Waals surface area contributed by atoms with Gasteiger partial charge >= 0.3 is 0 Å². The molecule has 7 heteroatoms. The van der Waals surface area contributed by atoms with E-state index < -0.39 is 0 Å². The van der Waals surface area contributed by atoms with Gasteiger partial charge in [-0.25, -0.2) is 4.98 Å². The van der Waals surface area contributed by atoms with Gasteiger partial charge in [-0.3, -0.25) is 9.69 Å². The van der Waals surface area contributed by atoms with Crippen LogP contribution in [-0.4, -0.2) is 57.4 Å². The maximum Gasteiger partial charge on any atom is 0.281 e. The number of hydrogen-bond acceptors (Lipinski definition) is 6. The van der Waals surface area contributed by atoms with Crippen molar-refractivity contribution in [2.24, 2.45) is 0 Å². The number of ether oxygens (including phenoxy) is 1. The number of pyridine rings is 1. The Hall–Kier alpha value is -2.51. The molecule has 0 radical (unpaired) electrons. The van der Waals surface area contributed by atoms with Crippen LogP contribution >= 0.6 is 11.3 Å². The first-order valence-electron chi connectivity index (χ1n) is 10.2. The van der Waals surface area contributed by atoms with E-state index in [-0.39, 0.29) is 5.91 Å². The van der Waals surface area contributed by atoms with Gasteiger partial charge in [0.2, 0.25) is 5.91 Å². The highest BCUT2D eigenvalue weighted by Gasteiger charge is 2.40. The number of benzene rings is 1. The number of carbonyl (C=O) groups is 1. The fourth-order valence-corrected chi connectivity index (χ4v) is 5.28. The lowest BCUT2D eigenvalue weighted by Crippen LogP contribution is -2.55. The number of rotatable bonds is 5. The number of thiazole rings is 1. The molecule has 0 N–H and O–H groups in total. The molecule has 2 fully saturated rings. The van der Waals surface area contributed by atoms with E-state index in [0.29, 0.717) is 17.3 Å². The van der Waals surface area contributed by atoms with Gasteiger partial charge in [0, 0.05) is 44.8 Å². The molecular formula is C22H24N4O2S. The molecule has 1 aromatic carbocycles. The van der Waals surface area contributed by atoms with Crippen molar-refractivity contribution >= 4 is 27.6 Å². The van der Waals surface area contributed by atoms with Crippen LogP contribution in [0.15, 0.2) is 42.6 Å². The molecule has 0 saturated carbocycles. The predicted molar refractivity (Wildman–Crippen MR) is 113 cm³/mol. The second-order valence-electron chi connectivity index (χ2n) is 7.85. The summed E-state index contributed by atoms with van der Waals surface area (Å²) in [5.74, 6) is 1.00. The quantitative estimate of drug-likeness (QED) is 0.644. The molecule has 1 amide bonds. The van der Waals surface area contributed by atoms with Gasteiger partial charge in [-0.1, -0.05) is 23.5 Å². The third kappa shape index (κ3) is 3.84. The zero-order chi connectivity index (χ0) is 19.8. The Bertz CT molecular complexity index is 972. The molecule has 0 unspecified atom stereocenters. The number of likely N-dealkylation sites (tertiary alicyclic amines) is 1. The summed E-state index contributed by atoms with van der Waals surface area (Å²) in [6, 6.07) is 13.2. The largest absolute Gasteiger partial charge is 0.431 e.